The number of primary amides is 1. The molecule has 3 nitrogen and oxygen atoms in total. The first kappa shape index (κ1) is 8.93. The van der Waals surface area contributed by atoms with Gasteiger partial charge in [-0.1, -0.05) is 6.92 Å². The van der Waals surface area contributed by atoms with Crippen molar-refractivity contribution in [3.05, 3.63) is 21.9 Å². The maximum Gasteiger partial charge on any atom is 0.249 e. The van der Waals surface area contributed by atoms with Crippen molar-refractivity contribution in [1.82, 2.24) is 0 Å². The molecule has 12 heavy (non-hydrogen) atoms. The number of carbonyl (C=O) groups excluding carboxylic acids is 2. The summed E-state index contributed by atoms with van der Waals surface area (Å²) >= 11 is 1.26. The molecule has 2 N–H and O–H groups in total. The third kappa shape index (κ3) is 1.71. The molecule has 4 heteroatoms. The summed E-state index contributed by atoms with van der Waals surface area (Å²) in [5.41, 5.74) is 5.44. The normalized spacial score (nSPS) is 9.75. The number of rotatable bonds is 3. The minimum atomic E-state index is -0.485. The van der Waals surface area contributed by atoms with E-state index >= 15 is 0 Å². The van der Waals surface area contributed by atoms with Crippen LogP contribution in [-0.4, -0.2) is 11.7 Å². The zero-order valence-corrected chi connectivity index (χ0v) is 7.48. The number of thiophene rings is 1. The van der Waals surface area contributed by atoms with E-state index < -0.39 is 5.91 Å². The van der Waals surface area contributed by atoms with Gasteiger partial charge in [-0.3, -0.25) is 9.59 Å². The SMILES string of the molecule is CCC(=O)c1cc(C(N)=O)cs1. The molecule has 64 valence electrons. The Kier molecular flexibility index (Phi) is 2.60. The van der Waals surface area contributed by atoms with Crippen LogP contribution in [-0.2, 0) is 0 Å². The van der Waals surface area contributed by atoms with Crippen LogP contribution >= 0.6 is 11.3 Å². The Morgan fingerprint density at radius 2 is 2.25 bits per heavy atom. The van der Waals surface area contributed by atoms with Gasteiger partial charge in [-0.15, -0.1) is 11.3 Å². The quantitative estimate of drug-likeness (QED) is 0.721. The van der Waals surface area contributed by atoms with Crippen molar-refractivity contribution < 1.29 is 9.59 Å². The second-order valence-electron chi connectivity index (χ2n) is 2.34. The standard InChI is InChI=1S/C8H9NO2S/c1-2-6(10)7-3-5(4-12-7)8(9)11/h3-4H,2H2,1H3,(H2,9,11). The molecule has 1 rings (SSSR count). The highest BCUT2D eigenvalue weighted by Crippen LogP contribution is 2.15. The molecule has 1 amide bonds. The van der Waals surface area contributed by atoms with E-state index in [1.807, 2.05) is 0 Å². The molecule has 1 heterocycles. The predicted octanol–water partition coefficient (Wildman–Crippen LogP) is 1.44. The molecule has 0 aliphatic rings. The van der Waals surface area contributed by atoms with E-state index in [0.717, 1.165) is 0 Å². The van der Waals surface area contributed by atoms with E-state index in [4.69, 9.17) is 5.73 Å². The summed E-state index contributed by atoms with van der Waals surface area (Å²) in [5, 5.41) is 1.60. The molecule has 0 saturated heterocycles. The molecule has 0 aliphatic carbocycles. The topological polar surface area (TPSA) is 60.2 Å². The Hall–Kier alpha value is -1.16. The zero-order valence-electron chi connectivity index (χ0n) is 6.66. The van der Waals surface area contributed by atoms with Crippen molar-refractivity contribution in [2.24, 2.45) is 5.73 Å². The third-order valence-electron chi connectivity index (χ3n) is 1.48. The Balaban J connectivity index is 2.91. The smallest absolute Gasteiger partial charge is 0.249 e. The number of amides is 1. The van der Waals surface area contributed by atoms with Crippen molar-refractivity contribution in [2.75, 3.05) is 0 Å². The average molecular weight is 183 g/mol. The van der Waals surface area contributed by atoms with E-state index in [-0.39, 0.29) is 5.78 Å². The number of ketones is 1. The summed E-state index contributed by atoms with van der Waals surface area (Å²) in [6.45, 7) is 1.78. The first-order valence-electron chi connectivity index (χ1n) is 3.56. The number of hydrogen-bond donors (Lipinski definition) is 1. The molecule has 1 aromatic heterocycles. The van der Waals surface area contributed by atoms with Gasteiger partial charge < -0.3 is 5.73 Å². The minimum Gasteiger partial charge on any atom is -0.366 e. The molecule has 0 unspecified atom stereocenters. The highest BCUT2D eigenvalue weighted by atomic mass is 32.1. The van der Waals surface area contributed by atoms with Crippen LogP contribution in [0.25, 0.3) is 0 Å². The van der Waals surface area contributed by atoms with Crippen molar-refractivity contribution in [1.29, 1.82) is 0 Å². The molecule has 1 aromatic rings. The molecule has 0 fully saturated rings. The summed E-state index contributed by atoms with van der Waals surface area (Å²) in [6, 6.07) is 1.54. The van der Waals surface area contributed by atoms with Gasteiger partial charge in [0.2, 0.25) is 5.91 Å². The lowest BCUT2D eigenvalue weighted by Gasteiger charge is -1.88. The van der Waals surface area contributed by atoms with Crippen molar-refractivity contribution >= 4 is 23.0 Å². The molecule has 0 bridgehead atoms. The van der Waals surface area contributed by atoms with E-state index in [1.54, 1.807) is 18.4 Å². The minimum absolute atomic E-state index is 0.0486. The van der Waals surface area contributed by atoms with Gasteiger partial charge in [0.15, 0.2) is 5.78 Å². The van der Waals surface area contributed by atoms with E-state index in [2.05, 4.69) is 0 Å². The van der Waals surface area contributed by atoms with Gasteiger partial charge in [0.05, 0.1) is 10.4 Å². The van der Waals surface area contributed by atoms with Crippen LogP contribution in [0.4, 0.5) is 0 Å². The number of carbonyl (C=O) groups is 2. The highest BCUT2D eigenvalue weighted by molar-refractivity contribution is 7.12. The van der Waals surface area contributed by atoms with E-state index in [9.17, 15) is 9.59 Å². The van der Waals surface area contributed by atoms with Crippen molar-refractivity contribution in [2.45, 2.75) is 13.3 Å². The lowest BCUT2D eigenvalue weighted by molar-refractivity contribution is 0.0991. The fraction of sp³-hybridized carbons (Fsp3) is 0.250. The Morgan fingerprint density at radius 1 is 1.58 bits per heavy atom. The maximum atomic E-state index is 11.1. The van der Waals surface area contributed by atoms with Gasteiger partial charge in [-0.2, -0.15) is 0 Å². The lowest BCUT2D eigenvalue weighted by Crippen LogP contribution is -2.09. The monoisotopic (exact) mass is 183 g/mol. The average Bonchev–Trinajstić information content (AvgIpc) is 2.51. The molecule has 0 atom stereocenters. The van der Waals surface area contributed by atoms with E-state index in [1.165, 1.54) is 11.3 Å². The van der Waals surface area contributed by atoms with Crippen LogP contribution in [0.15, 0.2) is 11.4 Å². The largest absolute Gasteiger partial charge is 0.366 e. The van der Waals surface area contributed by atoms with Crippen LogP contribution in [0.2, 0.25) is 0 Å². The first-order valence-corrected chi connectivity index (χ1v) is 4.44. The number of hydrogen-bond acceptors (Lipinski definition) is 3. The molecular formula is C8H9NO2S. The Morgan fingerprint density at radius 3 is 2.67 bits per heavy atom. The number of nitrogens with two attached hydrogens (primary N) is 1. The van der Waals surface area contributed by atoms with Gasteiger partial charge in [0.25, 0.3) is 0 Å². The zero-order chi connectivity index (χ0) is 9.14. The summed E-state index contributed by atoms with van der Waals surface area (Å²) in [5.74, 6) is -0.436. The van der Waals surface area contributed by atoms with Crippen molar-refractivity contribution in [3.8, 4) is 0 Å². The van der Waals surface area contributed by atoms with Crippen molar-refractivity contribution in [3.63, 3.8) is 0 Å². The van der Waals surface area contributed by atoms with Crippen LogP contribution in [0.5, 0.6) is 0 Å². The Labute approximate surface area is 74.2 Å². The van der Waals surface area contributed by atoms with Gasteiger partial charge in [0.1, 0.15) is 0 Å². The van der Waals surface area contributed by atoms with Crippen LogP contribution < -0.4 is 5.73 Å². The summed E-state index contributed by atoms with van der Waals surface area (Å²) in [6.07, 6.45) is 0.457. The third-order valence-corrected chi connectivity index (χ3v) is 2.45. The van der Waals surface area contributed by atoms with Crippen LogP contribution in [0.1, 0.15) is 33.4 Å². The highest BCUT2D eigenvalue weighted by Gasteiger charge is 2.09. The summed E-state index contributed by atoms with van der Waals surface area (Å²) in [4.78, 5) is 22.4. The lowest BCUT2D eigenvalue weighted by atomic mass is 10.2. The fourth-order valence-electron chi connectivity index (χ4n) is 0.786. The predicted molar refractivity (Wildman–Crippen MR) is 47.5 cm³/mol. The van der Waals surface area contributed by atoms with Gasteiger partial charge >= 0.3 is 0 Å². The summed E-state index contributed by atoms with van der Waals surface area (Å²) in [7, 11) is 0. The van der Waals surface area contributed by atoms with Gasteiger partial charge in [-0.25, -0.2) is 0 Å². The fourth-order valence-corrected chi connectivity index (χ4v) is 1.69. The van der Waals surface area contributed by atoms with Crippen LogP contribution in [0.3, 0.4) is 0 Å². The first-order chi connectivity index (χ1) is 5.65. The molecule has 0 radical (unpaired) electrons. The Bertz CT molecular complexity index is 317. The summed E-state index contributed by atoms with van der Waals surface area (Å²) < 4.78 is 0. The molecular weight excluding hydrogens is 174 g/mol. The number of Topliss-reactive ketones (excluding diaryl/α,β-unsaturated/α-hetero) is 1. The van der Waals surface area contributed by atoms with E-state index in [0.29, 0.717) is 16.9 Å². The molecule has 0 spiro atoms. The molecule has 0 aliphatic heterocycles. The van der Waals surface area contributed by atoms with Crippen LogP contribution in [0, 0.1) is 0 Å². The second-order valence-corrected chi connectivity index (χ2v) is 3.25. The van der Waals surface area contributed by atoms with Gasteiger partial charge in [-0.05, 0) is 6.07 Å². The second kappa shape index (κ2) is 3.49. The molecule has 0 aromatic carbocycles. The maximum absolute atomic E-state index is 11.1. The molecule has 0 saturated carbocycles. The van der Waals surface area contributed by atoms with Gasteiger partial charge in [0, 0.05) is 11.8 Å².